The van der Waals surface area contributed by atoms with Crippen LogP contribution in [0, 0.1) is 5.95 Å². The molecule has 4 heteroatoms. The van der Waals surface area contributed by atoms with Crippen molar-refractivity contribution in [2.75, 3.05) is 0 Å². The molecule has 0 atom stereocenters. The molecule has 1 N–H and O–H groups in total. The molecule has 0 saturated heterocycles. The van der Waals surface area contributed by atoms with Crippen LogP contribution >= 0.6 is 0 Å². The van der Waals surface area contributed by atoms with Crippen LogP contribution in [-0.4, -0.2) is 15.2 Å². The number of fused-ring (bicyclic) bond motifs is 1. The van der Waals surface area contributed by atoms with Crippen molar-refractivity contribution in [3.8, 4) is 0 Å². The largest absolute Gasteiger partial charge is 0.278 e. The van der Waals surface area contributed by atoms with Gasteiger partial charge < -0.3 is 0 Å². The molecule has 0 amide bonds. The second kappa shape index (κ2) is 1.76. The van der Waals surface area contributed by atoms with Crippen molar-refractivity contribution >= 4 is 10.9 Å². The number of nitrogens with zero attached hydrogens (tertiary/aromatic N) is 2. The van der Waals surface area contributed by atoms with Crippen molar-refractivity contribution in [1.82, 2.24) is 15.2 Å². The van der Waals surface area contributed by atoms with Crippen molar-refractivity contribution < 1.29 is 4.39 Å². The molecule has 0 fully saturated rings. The van der Waals surface area contributed by atoms with Crippen LogP contribution < -0.4 is 0 Å². The van der Waals surface area contributed by atoms with E-state index in [0.29, 0.717) is 10.9 Å². The van der Waals surface area contributed by atoms with Gasteiger partial charge >= 0.3 is 0 Å². The van der Waals surface area contributed by atoms with Gasteiger partial charge in [0.15, 0.2) is 0 Å². The summed E-state index contributed by atoms with van der Waals surface area (Å²) in [7, 11) is 0. The van der Waals surface area contributed by atoms with Gasteiger partial charge in [0.25, 0.3) is 0 Å². The highest BCUT2D eigenvalue weighted by molar-refractivity contribution is 5.76. The minimum Gasteiger partial charge on any atom is -0.278 e. The minimum atomic E-state index is -0.480. The van der Waals surface area contributed by atoms with Gasteiger partial charge in [-0.3, -0.25) is 5.10 Å². The number of halogens is 1. The van der Waals surface area contributed by atoms with Gasteiger partial charge in [0.05, 0.1) is 17.1 Å². The molecule has 2 heterocycles. The molecule has 0 aromatic carbocycles. The summed E-state index contributed by atoms with van der Waals surface area (Å²) in [6.45, 7) is 0. The van der Waals surface area contributed by atoms with Crippen molar-refractivity contribution in [2.24, 2.45) is 0 Å². The highest BCUT2D eigenvalue weighted by atomic mass is 19.1. The van der Waals surface area contributed by atoms with Crippen LogP contribution in [0.15, 0.2) is 18.5 Å². The van der Waals surface area contributed by atoms with Crippen LogP contribution in [-0.2, 0) is 0 Å². The molecule has 2 aromatic rings. The molecule has 0 saturated carbocycles. The Morgan fingerprint density at radius 3 is 3.20 bits per heavy atom. The molecule has 10 heavy (non-hydrogen) atoms. The molecule has 2 aromatic heterocycles. The fourth-order valence-corrected chi connectivity index (χ4v) is 0.834. The first-order chi connectivity index (χ1) is 4.88. The van der Waals surface area contributed by atoms with E-state index in [1.54, 1.807) is 6.07 Å². The number of aromatic amines is 1. The highest BCUT2D eigenvalue weighted by Crippen LogP contribution is 2.10. The van der Waals surface area contributed by atoms with Gasteiger partial charge in [-0.25, -0.2) is 4.98 Å². The second-order valence-corrected chi connectivity index (χ2v) is 1.93. The van der Waals surface area contributed by atoms with E-state index in [2.05, 4.69) is 15.2 Å². The summed E-state index contributed by atoms with van der Waals surface area (Å²) in [6.07, 6.45) is 2.81. The first kappa shape index (κ1) is 5.34. The number of nitrogens with one attached hydrogen (secondary N) is 1. The quantitative estimate of drug-likeness (QED) is 0.552. The summed E-state index contributed by atoms with van der Waals surface area (Å²) in [4.78, 5) is 3.45. The minimum absolute atomic E-state index is 0.433. The fraction of sp³-hybridized carbons (Fsp3) is 0. The Kier molecular flexibility index (Phi) is 0.943. The van der Waals surface area contributed by atoms with Gasteiger partial charge in [-0.05, 0) is 6.07 Å². The van der Waals surface area contributed by atoms with Crippen LogP contribution in [0.4, 0.5) is 4.39 Å². The zero-order valence-corrected chi connectivity index (χ0v) is 5.00. The molecule has 50 valence electrons. The van der Waals surface area contributed by atoms with Crippen LogP contribution in [0.3, 0.4) is 0 Å². The summed E-state index contributed by atoms with van der Waals surface area (Å²) in [5, 5.41) is 6.72. The number of hydrogen-bond acceptors (Lipinski definition) is 2. The van der Waals surface area contributed by atoms with E-state index in [1.807, 2.05) is 0 Å². The zero-order chi connectivity index (χ0) is 6.97. The van der Waals surface area contributed by atoms with Crippen molar-refractivity contribution in [1.29, 1.82) is 0 Å². The highest BCUT2D eigenvalue weighted by Gasteiger charge is 2.00. The Bertz CT molecular complexity index is 355. The van der Waals surface area contributed by atoms with E-state index in [4.69, 9.17) is 0 Å². The predicted octanol–water partition coefficient (Wildman–Crippen LogP) is 1.10. The van der Waals surface area contributed by atoms with Crippen LogP contribution in [0.2, 0.25) is 0 Å². The van der Waals surface area contributed by atoms with E-state index in [9.17, 15) is 4.39 Å². The van der Waals surface area contributed by atoms with E-state index >= 15 is 0 Å². The maximum atomic E-state index is 12.6. The van der Waals surface area contributed by atoms with Gasteiger partial charge in [0.2, 0.25) is 5.95 Å². The first-order valence-electron chi connectivity index (χ1n) is 2.81. The maximum Gasteiger partial charge on any atom is 0.223 e. The second-order valence-electron chi connectivity index (χ2n) is 1.93. The lowest BCUT2D eigenvalue weighted by atomic mass is 10.3. The third-order valence-corrected chi connectivity index (χ3v) is 1.32. The van der Waals surface area contributed by atoms with Crippen molar-refractivity contribution in [3.05, 3.63) is 24.4 Å². The number of aromatic nitrogens is 3. The Morgan fingerprint density at radius 2 is 2.40 bits per heavy atom. The molecule has 0 spiro atoms. The molecule has 3 nitrogen and oxygen atoms in total. The molecule has 0 radical (unpaired) electrons. The first-order valence-corrected chi connectivity index (χ1v) is 2.81. The number of rotatable bonds is 0. The van der Waals surface area contributed by atoms with Gasteiger partial charge in [0, 0.05) is 6.20 Å². The Labute approximate surface area is 55.9 Å². The zero-order valence-electron chi connectivity index (χ0n) is 5.00. The van der Waals surface area contributed by atoms with Gasteiger partial charge in [-0.15, -0.1) is 0 Å². The third-order valence-electron chi connectivity index (χ3n) is 1.32. The number of H-pyrrole nitrogens is 1. The Balaban J connectivity index is 2.95. The smallest absolute Gasteiger partial charge is 0.223 e. The van der Waals surface area contributed by atoms with Crippen LogP contribution in [0.5, 0.6) is 0 Å². The monoisotopic (exact) mass is 137 g/mol. The summed E-state index contributed by atoms with van der Waals surface area (Å²) >= 11 is 0. The molecule has 0 bridgehead atoms. The summed E-state index contributed by atoms with van der Waals surface area (Å²) in [6, 6.07) is 1.67. The summed E-state index contributed by atoms with van der Waals surface area (Å²) in [5.74, 6) is -0.480. The average molecular weight is 137 g/mol. The van der Waals surface area contributed by atoms with Gasteiger partial charge in [0.1, 0.15) is 0 Å². The van der Waals surface area contributed by atoms with Crippen molar-refractivity contribution in [2.45, 2.75) is 0 Å². The lowest BCUT2D eigenvalue weighted by Crippen LogP contribution is -1.79. The SMILES string of the molecule is Fc1nccc2[nH]ncc12. The standard InChI is InChI=1S/C6H4FN3/c7-6-4-3-9-10-5(4)1-2-8-6/h1-3H,(H,9,10). The molecular weight excluding hydrogens is 133 g/mol. The lowest BCUT2D eigenvalue weighted by Gasteiger charge is -1.86. The van der Waals surface area contributed by atoms with E-state index in [-0.39, 0.29) is 0 Å². The molecule has 0 aliphatic heterocycles. The van der Waals surface area contributed by atoms with E-state index in [0.717, 1.165) is 0 Å². The Hall–Kier alpha value is -1.45. The topological polar surface area (TPSA) is 41.6 Å². The third kappa shape index (κ3) is 0.586. The van der Waals surface area contributed by atoms with E-state index < -0.39 is 5.95 Å². The summed E-state index contributed by atoms with van der Waals surface area (Å²) in [5.41, 5.74) is 0.674. The van der Waals surface area contributed by atoms with Crippen molar-refractivity contribution in [3.63, 3.8) is 0 Å². The van der Waals surface area contributed by atoms with E-state index in [1.165, 1.54) is 12.4 Å². The molecule has 0 aliphatic rings. The normalized spacial score (nSPS) is 10.5. The fourth-order valence-electron chi connectivity index (χ4n) is 0.834. The van der Waals surface area contributed by atoms with Gasteiger partial charge in [-0.2, -0.15) is 9.49 Å². The Morgan fingerprint density at radius 1 is 1.50 bits per heavy atom. The molecule has 2 rings (SSSR count). The maximum absolute atomic E-state index is 12.6. The lowest BCUT2D eigenvalue weighted by molar-refractivity contribution is 0.597. The number of hydrogen-bond donors (Lipinski definition) is 1. The summed E-state index contributed by atoms with van der Waals surface area (Å²) < 4.78 is 12.6. The van der Waals surface area contributed by atoms with Gasteiger partial charge in [-0.1, -0.05) is 0 Å². The van der Waals surface area contributed by atoms with Crippen LogP contribution in [0.25, 0.3) is 10.9 Å². The number of pyridine rings is 1. The molecule has 0 aliphatic carbocycles. The predicted molar refractivity (Wildman–Crippen MR) is 33.8 cm³/mol. The van der Waals surface area contributed by atoms with Crippen LogP contribution in [0.1, 0.15) is 0 Å². The molecule has 0 unspecified atom stereocenters. The molecular formula is C6H4FN3. The average Bonchev–Trinajstić information content (AvgIpc) is 2.36.